The first-order chi connectivity index (χ1) is 9.40. The van der Waals surface area contributed by atoms with Gasteiger partial charge in [-0.05, 0) is 18.9 Å². The van der Waals surface area contributed by atoms with Gasteiger partial charge in [0.25, 0.3) is 5.91 Å². The van der Waals surface area contributed by atoms with Gasteiger partial charge in [0.05, 0.1) is 11.5 Å². The SMILES string of the molecule is Cn1cc(C(N)=O)cc1C(=O)N1CCCC(C(=O)O)C1. The molecule has 0 radical (unpaired) electrons. The molecule has 7 nitrogen and oxygen atoms in total. The molecule has 0 saturated carbocycles. The zero-order valence-electron chi connectivity index (χ0n) is 11.2. The van der Waals surface area contributed by atoms with Gasteiger partial charge in [0.15, 0.2) is 0 Å². The van der Waals surface area contributed by atoms with Crippen molar-refractivity contribution in [2.45, 2.75) is 12.8 Å². The molecule has 1 atom stereocenters. The third-order valence-electron chi connectivity index (χ3n) is 3.57. The van der Waals surface area contributed by atoms with Crippen molar-refractivity contribution in [2.24, 2.45) is 18.7 Å². The molecule has 1 saturated heterocycles. The second-order valence-electron chi connectivity index (χ2n) is 5.02. The van der Waals surface area contributed by atoms with Gasteiger partial charge in [-0.25, -0.2) is 0 Å². The van der Waals surface area contributed by atoms with Crippen LogP contribution in [-0.4, -0.2) is 45.4 Å². The minimum Gasteiger partial charge on any atom is -0.481 e. The van der Waals surface area contributed by atoms with Crippen molar-refractivity contribution >= 4 is 17.8 Å². The summed E-state index contributed by atoms with van der Waals surface area (Å²) >= 11 is 0. The summed E-state index contributed by atoms with van der Waals surface area (Å²) in [5, 5.41) is 9.04. The number of hydrogen-bond donors (Lipinski definition) is 2. The molecule has 2 rings (SSSR count). The zero-order valence-corrected chi connectivity index (χ0v) is 11.2. The van der Waals surface area contributed by atoms with Crippen LogP contribution in [0.3, 0.4) is 0 Å². The molecule has 3 N–H and O–H groups in total. The molecule has 1 aromatic rings. The van der Waals surface area contributed by atoms with E-state index in [-0.39, 0.29) is 18.0 Å². The summed E-state index contributed by atoms with van der Waals surface area (Å²) in [6, 6.07) is 1.44. The maximum absolute atomic E-state index is 12.4. The van der Waals surface area contributed by atoms with Crippen LogP contribution in [-0.2, 0) is 11.8 Å². The van der Waals surface area contributed by atoms with Gasteiger partial charge in [0.1, 0.15) is 5.69 Å². The minimum atomic E-state index is -0.882. The van der Waals surface area contributed by atoms with Crippen molar-refractivity contribution < 1.29 is 19.5 Å². The smallest absolute Gasteiger partial charge is 0.308 e. The molecule has 0 bridgehead atoms. The fourth-order valence-corrected chi connectivity index (χ4v) is 2.44. The maximum atomic E-state index is 12.4. The predicted molar refractivity (Wildman–Crippen MR) is 70.2 cm³/mol. The molecule has 1 fully saturated rings. The molecule has 7 heteroatoms. The Balaban J connectivity index is 2.18. The fourth-order valence-electron chi connectivity index (χ4n) is 2.44. The van der Waals surface area contributed by atoms with Crippen LogP contribution < -0.4 is 5.73 Å². The van der Waals surface area contributed by atoms with Gasteiger partial charge in [-0.15, -0.1) is 0 Å². The molecule has 108 valence electrons. The van der Waals surface area contributed by atoms with Crippen LogP contribution in [0.4, 0.5) is 0 Å². The van der Waals surface area contributed by atoms with Crippen LogP contribution >= 0.6 is 0 Å². The van der Waals surface area contributed by atoms with Crippen LogP contribution in [0.15, 0.2) is 12.3 Å². The number of primary amides is 1. The molecule has 1 aliphatic heterocycles. The van der Waals surface area contributed by atoms with E-state index in [1.165, 1.54) is 21.7 Å². The molecule has 1 aliphatic rings. The van der Waals surface area contributed by atoms with Gasteiger partial charge >= 0.3 is 5.97 Å². The highest BCUT2D eigenvalue weighted by Crippen LogP contribution is 2.19. The molecule has 2 amide bonds. The summed E-state index contributed by atoms with van der Waals surface area (Å²) in [5.41, 5.74) is 5.79. The molecular formula is C13H17N3O4. The number of carbonyl (C=O) groups excluding carboxylic acids is 2. The lowest BCUT2D eigenvalue weighted by atomic mass is 9.98. The lowest BCUT2D eigenvalue weighted by Crippen LogP contribution is -2.42. The second kappa shape index (κ2) is 5.36. The number of carboxylic acid groups (broad SMARTS) is 1. The van der Waals surface area contributed by atoms with Crippen LogP contribution in [0, 0.1) is 5.92 Å². The van der Waals surface area contributed by atoms with Crippen molar-refractivity contribution in [3.8, 4) is 0 Å². The number of carbonyl (C=O) groups is 3. The summed E-state index contributed by atoms with van der Waals surface area (Å²) in [6.45, 7) is 0.727. The average molecular weight is 279 g/mol. The Morgan fingerprint density at radius 2 is 2.10 bits per heavy atom. The minimum absolute atomic E-state index is 0.200. The molecule has 0 spiro atoms. The van der Waals surface area contributed by atoms with E-state index in [2.05, 4.69) is 0 Å². The Kier molecular flexibility index (Phi) is 3.78. The third kappa shape index (κ3) is 2.66. The first-order valence-electron chi connectivity index (χ1n) is 6.38. The van der Waals surface area contributed by atoms with Crippen LogP contribution in [0.1, 0.15) is 33.7 Å². The van der Waals surface area contributed by atoms with Crippen LogP contribution in [0.25, 0.3) is 0 Å². The topological polar surface area (TPSA) is 106 Å². The van der Waals surface area contributed by atoms with Gasteiger partial charge in [-0.3, -0.25) is 14.4 Å². The maximum Gasteiger partial charge on any atom is 0.308 e. The Bertz CT molecular complexity index is 564. The predicted octanol–water partition coefficient (Wildman–Crippen LogP) is 0.0608. The first-order valence-corrected chi connectivity index (χ1v) is 6.38. The second-order valence-corrected chi connectivity index (χ2v) is 5.02. The van der Waals surface area contributed by atoms with Gasteiger partial charge in [0.2, 0.25) is 5.91 Å². The molecule has 1 unspecified atom stereocenters. The highest BCUT2D eigenvalue weighted by molar-refractivity contribution is 5.98. The number of piperidine rings is 1. The van der Waals surface area contributed by atoms with E-state index >= 15 is 0 Å². The standard InChI is InChI=1S/C13H17N3O4/c1-15-6-9(11(14)17)5-10(15)12(18)16-4-2-3-8(7-16)13(19)20/h5-6,8H,2-4,7H2,1H3,(H2,14,17)(H,19,20). The van der Waals surface area contributed by atoms with E-state index in [1.807, 2.05) is 0 Å². The van der Waals surface area contributed by atoms with Crippen molar-refractivity contribution in [3.63, 3.8) is 0 Å². The van der Waals surface area contributed by atoms with Gasteiger partial charge < -0.3 is 20.3 Å². The van der Waals surface area contributed by atoms with Gasteiger partial charge in [-0.1, -0.05) is 0 Å². The highest BCUT2D eigenvalue weighted by Gasteiger charge is 2.29. The number of nitrogens with two attached hydrogens (primary N) is 1. The van der Waals surface area contributed by atoms with E-state index in [9.17, 15) is 14.4 Å². The van der Waals surface area contributed by atoms with E-state index < -0.39 is 17.8 Å². The Labute approximate surface area is 116 Å². The molecule has 20 heavy (non-hydrogen) atoms. The largest absolute Gasteiger partial charge is 0.481 e. The summed E-state index contributed by atoms with van der Waals surface area (Å²) in [4.78, 5) is 36.0. The van der Waals surface area contributed by atoms with Crippen molar-refractivity contribution in [3.05, 3.63) is 23.5 Å². The molecular weight excluding hydrogens is 262 g/mol. The monoisotopic (exact) mass is 279 g/mol. The number of carboxylic acids is 1. The third-order valence-corrected chi connectivity index (χ3v) is 3.57. The van der Waals surface area contributed by atoms with Gasteiger partial charge in [-0.2, -0.15) is 0 Å². The van der Waals surface area contributed by atoms with Crippen molar-refractivity contribution in [1.29, 1.82) is 0 Å². The van der Waals surface area contributed by atoms with E-state index in [0.717, 1.165) is 0 Å². The van der Waals surface area contributed by atoms with E-state index in [1.54, 1.807) is 7.05 Å². The number of nitrogens with zero attached hydrogens (tertiary/aromatic N) is 2. The Morgan fingerprint density at radius 1 is 1.40 bits per heavy atom. The van der Waals surface area contributed by atoms with E-state index in [4.69, 9.17) is 10.8 Å². The Hall–Kier alpha value is -2.31. The van der Waals surface area contributed by atoms with Crippen molar-refractivity contribution in [2.75, 3.05) is 13.1 Å². The van der Waals surface area contributed by atoms with Crippen molar-refractivity contribution in [1.82, 2.24) is 9.47 Å². The van der Waals surface area contributed by atoms with E-state index in [0.29, 0.717) is 25.1 Å². The van der Waals surface area contributed by atoms with Crippen LogP contribution in [0.5, 0.6) is 0 Å². The summed E-state index contributed by atoms with van der Waals surface area (Å²) in [6.07, 6.45) is 2.74. The highest BCUT2D eigenvalue weighted by atomic mass is 16.4. The summed E-state index contributed by atoms with van der Waals surface area (Å²) in [7, 11) is 1.65. The summed E-state index contributed by atoms with van der Waals surface area (Å²) < 4.78 is 1.53. The molecule has 0 aromatic carbocycles. The molecule has 2 heterocycles. The zero-order chi connectivity index (χ0) is 14.9. The van der Waals surface area contributed by atoms with Crippen LogP contribution in [0.2, 0.25) is 0 Å². The van der Waals surface area contributed by atoms with Gasteiger partial charge in [0, 0.05) is 26.3 Å². The number of amides is 2. The quantitative estimate of drug-likeness (QED) is 0.816. The summed E-state index contributed by atoms with van der Waals surface area (Å²) in [5.74, 6) is -2.27. The normalized spacial score (nSPS) is 18.9. The number of rotatable bonds is 3. The first kappa shape index (κ1) is 14.1. The Morgan fingerprint density at radius 3 is 2.65 bits per heavy atom. The molecule has 1 aromatic heterocycles. The average Bonchev–Trinajstić information content (AvgIpc) is 2.80. The number of aromatic nitrogens is 1. The number of hydrogen-bond acceptors (Lipinski definition) is 3. The number of aryl methyl sites for hydroxylation is 1. The molecule has 0 aliphatic carbocycles. The lowest BCUT2D eigenvalue weighted by Gasteiger charge is -2.30. The fraction of sp³-hybridized carbons (Fsp3) is 0.462. The number of aliphatic carboxylic acids is 1. The lowest BCUT2D eigenvalue weighted by molar-refractivity contribution is -0.143. The number of likely N-dealkylation sites (tertiary alicyclic amines) is 1.